The lowest BCUT2D eigenvalue weighted by molar-refractivity contribution is 0.0517. The van der Waals surface area contributed by atoms with Crippen LogP contribution in [0.5, 0.6) is 0 Å². The molecule has 25 heavy (non-hydrogen) atoms. The molecule has 2 aromatic rings. The van der Waals surface area contributed by atoms with Crippen LogP contribution in [0, 0.1) is 12.7 Å². The maximum Gasteiger partial charge on any atom is 0.348 e. The smallest absolute Gasteiger partial charge is 0.348 e. The van der Waals surface area contributed by atoms with Crippen molar-refractivity contribution in [2.45, 2.75) is 25.8 Å². The summed E-state index contributed by atoms with van der Waals surface area (Å²) in [6, 6.07) is 7.04. The number of ether oxygens (including phenoxy) is 1. The molecule has 1 heterocycles. The van der Waals surface area contributed by atoms with Crippen LogP contribution in [-0.4, -0.2) is 24.2 Å². The molecule has 0 amide bonds. The zero-order valence-electron chi connectivity index (χ0n) is 13.8. The molecular weight excluding hydrogens is 359 g/mol. The van der Waals surface area contributed by atoms with Gasteiger partial charge >= 0.3 is 5.97 Å². The number of rotatable bonds is 5. The average molecular weight is 378 g/mol. The number of thiocarbonyl (C=S) groups is 1. The van der Waals surface area contributed by atoms with Gasteiger partial charge in [-0.3, -0.25) is 0 Å². The van der Waals surface area contributed by atoms with Crippen molar-refractivity contribution in [1.82, 2.24) is 10.6 Å². The molecule has 3 rings (SSSR count). The first kappa shape index (κ1) is 17.8. The van der Waals surface area contributed by atoms with E-state index in [2.05, 4.69) is 10.6 Å². The average Bonchev–Trinajstić information content (AvgIpc) is 3.19. The molecule has 0 radical (unpaired) electrons. The van der Waals surface area contributed by atoms with Crippen LogP contribution in [0.1, 0.15) is 38.8 Å². The van der Waals surface area contributed by atoms with E-state index in [1.165, 1.54) is 17.4 Å². The van der Waals surface area contributed by atoms with Gasteiger partial charge < -0.3 is 15.4 Å². The molecule has 132 valence electrons. The Balaban J connectivity index is 1.42. The van der Waals surface area contributed by atoms with Crippen LogP contribution in [0.2, 0.25) is 0 Å². The highest BCUT2D eigenvalue weighted by molar-refractivity contribution is 7.80. The Bertz CT molecular complexity index is 791. The number of hydrogen-bond acceptors (Lipinski definition) is 4. The first-order valence-corrected chi connectivity index (χ1v) is 9.38. The van der Waals surface area contributed by atoms with E-state index in [1.807, 2.05) is 24.4 Å². The van der Waals surface area contributed by atoms with Crippen molar-refractivity contribution < 1.29 is 13.9 Å². The molecule has 1 aliphatic carbocycles. The van der Waals surface area contributed by atoms with E-state index in [1.54, 1.807) is 6.07 Å². The predicted octanol–water partition coefficient (Wildman–Crippen LogP) is 3.50. The Hall–Kier alpha value is -1.99. The number of esters is 1. The molecule has 0 aliphatic heterocycles. The zero-order valence-corrected chi connectivity index (χ0v) is 15.4. The normalized spacial score (nSPS) is 15.5. The number of benzene rings is 1. The predicted molar refractivity (Wildman–Crippen MR) is 101 cm³/mol. The van der Waals surface area contributed by atoms with Crippen molar-refractivity contribution in [1.29, 1.82) is 0 Å². The van der Waals surface area contributed by atoms with Gasteiger partial charge in [-0.05, 0) is 66.2 Å². The second-order valence-electron chi connectivity index (χ2n) is 5.87. The molecule has 1 aromatic heterocycles. The van der Waals surface area contributed by atoms with Crippen molar-refractivity contribution in [3.05, 3.63) is 57.0 Å². The van der Waals surface area contributed by atoms with Crippen LogP contribution < -0.4 is 10.6 Å². The molecule has 0 saturated carbocycles. The summed E-state index contributed by atoms with van der Waals surface area (Å²) in [7, 11) is 0. The number of fused-ring (bicyclic) bond motifs is 1. The Labute approximate surface area is 155 Å². The van der Waals surface area contributed by atoms with Gasteiger partial charge in [0.25, 0.3) is 0 Å². The minimum atomic E-state index is -0.312. The number of thiophene rings is 1. The third kappa shape index (κ3) is 4.16. The fourth-order valence-electron chi connectivity index (χ4n) is 2.92. The van der Waals surface area contributed by atoms with E-state index in [4.69, 9.17) is 17.0 Å². The lowest BCUT2D eigenvalue weighted by Gasteiger charge is -2.17. The second kappa shape index (κ2) is 7.93. The summed E-state index contributed by atoms with van der Waals surface area (Å²) in [6.07, 6.45) is 1.52. The summed E-state index contributed by atoms with van der Waals surface area (Å²) in [5, 5.41) is 8.57. The van der Waals surface area contributed by atoms with Gasteiger partial charge in [0.15, 0.2) is 5.11 Å². The molecule has 1 aliphatic rings. The summed E-state index contributed by atoms with van der Waals surface area (Å²) in [4.78, 5) is 12.5. The van der Waals surface area contributed by atoms with Crippen LogP contribution in [0.25, 0.3) is 0 Å². The lowest BCUT2D eigenvalue weighted by Crippen LogP contribution is -2.38. The molecule has 1 aromatic carbocycles. The molecule has 0 bridgehead atoms. The summed E-state index contributed by atoms with van der Waals surface area (Å²) in [6.45, 7) is 2.53. The van der Waals surface area contributed by atoms with E-state index in [0.717, 1.165) is 23.1 Å². The molecule has 0 spiro atoms. The SMILES string of the molecule is Cc1ccsc1C(=O)OCCNC(=S)NC1CCc2c(F)cccc21. The van der Waals surface area contributed by atoms with Gasteiger partial charge in [-0.2, -0.15) is 0 Å². The molecule has 4 nitrogen and oxygen atoms in total. The van der Waals surface area contributed by atoms with Gasteiger partial charge in [0.2, 0.25) is 0 Å². The van der Waals surface area contributed by atoms with Crippen molar-refractivity contribution in [3.8, 4) is 0 Å². The highest BCUT2D eigenvalue weighted by Crippen LogP contribution is 2.32. The lowest BCUT2D eigenvalue weighted by atomic mass is 10.1. The topological polar surface area (TPSA) is 50.4 Å². The van der Waals surface area contributed by atoms with Gasteiger partial charge in [-0.25, -0.2) is 9.18 Å². The minimum absolute atomic E-state index is 0.0158. The van der Waals surface area contributed by atoms with E-state index < -0.39 is 0 Å². The maximum atomic E-state index is 13.7. The fraction of sp³-hybridized carbons (Fsp3) is 0.333. The van der Waals surface area contributed by atoms with E-state index in [-0.39, 0.29) is 24.4 Å². The first-order valence-electron chi connectivity index (χ1n) is 8.09. The van der Waals surface area contributed by atoms with Crippen molar-refractivity contribution >= 4 is 34.6 Å². The summed E-state index contributed by atoms with van der Waals surface area (Å²) < 4.78 is 19.0. The molecule has 0 fully saturated rings. The molecule has 2 N–H and O–H groups in total. The van der Waals surface area contributed by atoms with Crippen LogP contribution in [0.3, 0.4) is 0 Å². The van der Waals surface area contributed by atoms with E-state index in [9.17, 15) is 9.18 Å². The quantitative estimate of drug-likeness (QED) is 0.474. The highest BCUT2D eigenvalue weighted by atomic mass is 32.1. The summed E-state index contributed by atoms with van der Waals surface area (Å²) >= 11 is 6.65. The number of carbonyl (C=O) groups excluding carboxylic acids is 1. The van der Waals surface area contributed by atoms with Crippen LogP contribution >= 0.6 is 23.6 Å². The number of hydrogen-bond donors (Lipinski definition) is 2. The van der Waals surface area contributed by atoms with Crippen molar-refractivity contribution in [2.75, 3.05) is 13.2 Å². The molecule has 1 unspecified atom stereocenters. The fourth-order valence-corrected chi connectivity index (χ4v) is 3.99. The van der Waals surface area contributed by atoms with Crippen LogP contribution in [0.4, 0.5) is 4.39 Å². The number of aryl methyl sites for hydroxylation is 1. The Morgan fingerprint density at radius 2 is 2.28 bits per heavy atom. The number of nitrogens with one attached hydrogen (secondary N) is 2. The van der Waals surface area contributed by atoms with Crippen LogP contribution in [0.15, 0.2) is 29.6 Å². The largest absolute Gasteiger partial charge is 0.460 e. The Kier molecular flexibility index (Phi) is 5.65. The third-order valence-corrected chi connectivity index (χ3v) is 5.45. The van der Waals surface area contributed by atoms with Crippen molar-refractivity contribution in [2.24, 2.45) is 0 Å². The highest BCUT2D eigenvalue weighted by Gasteiger charge is 2.25. The zero-order chi connectivity index (χ0) is 17.8. The third-order valence-electron chi connectivity index (χ3n) is 4.19. The van der Waals surface area contributed by atoms with Gasteiger partial charge in [-0.15, -0.1) is 11.3 Å². The van der Waals surface area contributed by atoms with Crippen molar-refractivity contribution in [3.63, 3.8) is 0 Å². The molecule has 7 heteroatoms. The summed E-state index contributed by atoms with van der Waals surface area (Å²) in [5.74, 6) is -0.468. The van der Waals surface area contributed by atoms with E-state index in [0.29, 0.717) is 23.0 Å². The first-order chi connectivity index (χ1) is 12.1. The van der Waals surface area contributed by atoms with Gasteiger partial charge in [0.1, 0.15) is 17.3 Å². The monoisotopic (exact) mass is 378 g/mol. The number of halogens is 1. The second-order valence-corrected chi connectivity index (χ2v) is 7.19. The standard InChI is InChI=1S/C18H19FN2O2S2/c1-11-7-10-25-16(11)17(22)23-9-8-20-18(24)21-15-6-5-12-13(15)3-2-4-14(12)19/h2-4,7,10,15H,5-6,8-9H2,1H3,(H2,20,21,24). The van der Waals surface area contributed by atoms with Gasteiger partial charge in [0, 0.05) is 0 Å². The van der Waals surface area contributed by atoms with Gasteiger partial charge in [-0.1, -0.05) is 12.1 Å². The van der Waals surface area contributed by atoms with E-state index >= 15 is 0 Å². The molecule has 0 saturated heterocycles. The Morgan fingerprint density at radius 1 is 1.44 bits per heavy atom. The molecular formula is C18H19FN2O2S2. The molecule has 1 atom stereocenters. The Morgan fingerprint density at radius 3 is 3.04 bits per heavy atom. The number of carbonyl (C=O) groups is 1. The van der Waals surface area contributed by atoms with Gasteiger partial charge in [0.05, 0.1) is 12.6 Å². The minimum Gasteiger partial charge on any atom is -0.460 e. The van der Waals surface area contributed by atoms with Crippen LogP contribution in [-0.2, 0) is 11.2 Å². The summed E-state index contributed by atoms with van der Waals surface area (Å²) in [5.41, 5.74) is 2.65. The maximum absolute atomic E-state index is 13.7.